The second kappa shape index (κ2) is 9.22. The van der Waals surface area contributed by atoms with Gasteiger partial charge < -0.3 is 13.9 Å². The molecule has 1 amide bonds. The number of furan rings is 1. The van der Waals surface area contributed by atoms with Crippen molar-refractivity contribution in [3.8, 4) is 0 Å². The molecule has 1 fully saturated rings. The first kappa shape index (κ1) is 23.7. The summed E-state index contributed by atoms with van der Waals surface area (Å²) >= 11 is 0. The van der Waals surface area contributed by atoms with Gasteiger partial charge in [0.25, 0.3) is 5.91 Å². The van der Waals surface area contributed by atoms with E-state index in [4.69, 9.17) is 4.42 Å². The fourth-order valence-electron chi connectivity index (χ4n) is 4.88. The molecule has 1 aliphatic rings. The fraction of sp³-hybridized carbons (Fsp3) is 0.310. The Bertz CT molecular complexity index is 1380. The molecule has 0 spiro atoms. The van der Waals surface area contributed by atoms with Crippen LogP contribution in [0.3, 0.4) is 0 Å². The average molecular weight is 484 g/mol. The Morgan fingerprint density at radius 2 is 1.78 bits per heavy atom. The maximum atomic E-state index is 13.7. The number of ketones is 2. The minimum atomic E-state index is -1.16. The minimum absolute atomic E-state index is 0.0478. The van der Waals surface area contributed by atoms with Gasteiger partial charge in [-0.2, -0.15) is 0 Å². The topological polar surface area (TPSA) is 85.4 Å². The number of hydrogen-bond donors (Lipinski definition) is 0. The molecular formula is C29H29N3O4. The summed E-state index contributed by atoms with van der Waals surface area (Å²) in [4.78, 5) is 45.8. The molecule has 1 saturated heterocycles. The Morgan fingerprint density at radius 1 is 1.03 bits per heavy atom. The maximum absolute atomic E-state index is 13.7. The normalized spacial score (nSPS) is 18.4. The zero-order chi connectivity index (χ0) is 25.4. The van der Waals surface area contributed by atoms with Crippen molar-refractivity contribution in [1.29, 1.82) is 0 Å². The highest BCUT2D eigenvalue weighted by Crippen LogP contribution is 2.39. The van der Waals surface area contributed by atoms with Crippen molar-refractivity contribution in [1.82, 2.24) is 14.5 Å². The van der Waals surface area contributed by atoms with E-state index in [9.17, 15) is 14.4 Å². The van der Waals surface area contributed by atoms with Crippen LogP contribution in [0.2, 0.25) is 0 Å². The highest BCUT2D eigenvalue weighted by atomic mass is 16.3. The summed E-state index contributed by atoms with van der Waals surface area (Å²) in [5.41, 5.74) is 2.42. The average Bonchev–Trinajstić information content (AvgIpc) is 3.58. The molecule has 5 rings (SSSR count). The van der Waals surface area contributed by atoms with Crippen LogP contribution in [0.1, 0.15) is 54.9 Å². The molecule has 7 heteroatoms. The molecule has 184 valence electrons. The van der Waals surface area contributed by atoms with E-state index in [0.29, 0.717) is 25.1 Å². The lowest BCUT2D eigenvalue weighted by Crippen LogP contribution is -2.32. The fourth-order valence-corrected chi connectivity index (χ4v) is 4.88. The van der Waals surface area contributed by atoms with E-state index in [2.05, 4.69) is 25.8 Å². The second-order valence-electron chi connectivity index (χ2n) is 10.3. The lowest BCUT2D eigenvalue weighted by Gasteiger charge is -2.28. The van der Waals surface area contributed by atoms with E-state index < -0.39 is 29.4 Å². The molecule has 0 N–H and O–H groups in total. The SMILES string of the molecule is CC(C)(C)c1ccc(C2C(C(=O)c3cc4ccccc4o3)C(=O)C(=O)N2CCCn2ccnc2)cc1. The number of benzene rings is 2. The van der Waals surface area contributed by atoms with E-state index >= 15 is 0 Å². The summed E-state index contributed by atoms with van der Waals surface area (Å²) in [5, 5.41) is 0.779. The zero-order valence-electron chi connectivity index (χ0n) is 20.7. The van der Waals surface area contributed by atoms with Crippen molar-refractivity contribution < 1.29 is 18.8 Å². The van der Waals surface area contributed by atoms with E-state index in [-0.39, 0.29) is 11.2 Å². The Kier molecular flexibility index (Phi) is 6.08. The van der Waals surface area contributed by atoms with Crippen molar-refractivity contribution in [3.05, 3.63) is 90.2 Å². The summed E-state index contributed by atoms with van der Waals surface area (Å²) < 4.78 is 7.72. The van der Waals surface area contributed by atoms with E-state index in [1.807, 2.05) is 53.2 Å². The number of hydrogen-bond acceptors (Lipinski definition) is 5. The van der Waals surface area contributed by atoms with Crippen LogP contribution in [0.25, 0.3) is 11.0 Å². The molecule has 2 aromatic carbocycles. The van der Waals surface area contributed by atoms with Gasteiger partial charge in [0.1, 0.15) is 11.5 Å². The molecule has 2 aromatic heterocycles. The molecule has 0 saturated carbocycles. The highest BCUT2D eigenvalue weighted by Gasteiger charge is 2.52. The molecule has 0 radical (unpaired) electrons. The van der Waals surface area contributed by atoms with Crippen LogP contribution in [-0.2, 0) is 21.5 Å². The predicted molar refractivity (Wildman–Crippen MR) is 135 cm³/mol. The number of fused-ring (bicyclic) bond motifs is 1. The molecule has 1 aliphatic heterocycles. The van der Waals surface area contributed by atoms with Gasteiger partial charge in [-0.3, -0.25) is 14.4 Å². The standard InChI is InChI=1S/C29H29N3O4/c1-29(2,3)21-11-9-19(10-12-21)25-24(26(33)23-17-20-7-4-5-8-22(20)36-23)27(34)28(35)32(25)15-6-14-31-16-13-30-18-31/h4-5,7-13,16-18,24-25H,6,14-15H2,1-3H3. The predicted octanol–water partition coefficient (Wildman–Crippen LogP) is 4.97. The van der Waals surface area contributed by atoms with Crippen molar-refractivity contribution in [2.24, 2.45) is 5.92 Å². The lowest BCUT2D eigenvalue weighted by molar-refractivity contribution is -0.140. The molecule has 0 aliphatic carbocycles. The molecule has 7 nitrogen and oxygen atoms in total. The largest absolute Gasteiger partial charge is 0.453 e. The molecule has 2 atom stereocenters. The van der Waals surface area contributed by atoms with Crippen molar-refractivity contribution in [2.45, 2.75) is 45.2 Å². The summed E-state index contributed by atoms with van der Waals surface area (Å²) in [7, 11) is 0. The monoisotopic (exact) mass is 483 g/mol. The van der Waals surface area contributed by atoms with Gasteiger partial charge in [0.2, 0.25) is 11.6 Å². The molecule has 36 heavy (non-hydrogen) atoms. The molecule has 3 heterocycles. The Morgan fingerprint density at radius 3 is 2.44 bits per heavy atom. The van der Waals surface area contributed by atoms with Crippen LogP contribution >= 0.6 is 0 Å². The number of carbonyl (C=O) groups is 3. The Labute approximate surface area is 209 Å². The van der Waals surface area contributed by atoms with Crippen LogP contribution < -0.4 is 0 Å². The van der Waals surface area contributed by atoms with E-state index in [1.165, 1.54) is 0 Å². The minimum Gasteiger partial charge on any atom is -0.453 e. The molecule has 0 bridgehead atoms. The van der Waals surface area contributed by atoms with Gasteiger partial charge in [0, 0.05) is 30.9 Å². The summed E-state index contributed by atoms with van der Waals surface area (Å²) in [6.45, 7) is 7.37. The van der Waals surface area contributed by atoms with Gasteiger partial charge in [0.05, 0.1) is 12.4 Å². The number of likely N-dealkylation sites (tertiary alicyclic amines) is 1. The first-order valence-electron chi connectivity index (χ1n) is 12.2. The second-order valence-corrected chi connectivity index (χ2v) is 10.3. The zero-order valence-corrected chi connectivity index (χ0v) is 20.7. The molecule has 2 unspecified atom stereocenters. The molecular weight excluding hydrogens is 454 g/mol. The van der Waals surface area contributed by atoms with Crippen LogP contribution in [0.4, 0.5) is 0 Å². The third-order valence-electron chi connectivity index (χ3n) is 6.85. The number of carbonyl (C=O) groups excluding carboxylic acids is 3. The van der Waals surface area contributed by atoms with E-state index in [1.54, 1.807) is 29.6 Å². The van der Waals surface area contributed by atoms with Gasteiger partial charge in [-0.25, -0.2) is 4.98 Å². The maximum Gasteiger partial charge on any atom is 0.291 e. The van der Waals surface area contributed by atoms with Gasteiger partial charge in [-0.1, -0.05) is 63.2 Å². The third-order valence-corrected chi connectivity index (χ3v) is 6.85. The summed E-state index contributed by atoms with van der Waals surface area (Å²) in [5.74, 6) is -2.84. The Balaban J connectivity index is 1.50. The number of aromatic nitrogens is 2. The highest BCUT2D eigenvalue weighted by molar-refractivity contribution is 6.43. The van der Waals surface area contributed by atoms with E-state index in [0.717, 1.165) is 16.5 Å². The lowest BCUT2D eigenvalue weighted by atomic mass is 9.84. The van der Waals surface area contributed by atoms with Crippen LogP contribution in [0.5, 0.6) is 0 Å². The Hall–Kier alpha value is -4.00. The first-order valence-corrected chi connectivity index (χ1v) is 12.2. The number of Topliss-reactive ketones (excluding diaryl/α,β-unsaturated/α-hetero) is 2. The van der Waals surface area contributed by atoms with Gasteiger partial charge in [0.15, 0.2) is 5.76 Å². The number of rotatable bonds is 7. The van der Waals surface area contributed by atoms with Gasteiger partial charge in [-0.15, -0.1) is 0 Å². The number of imidazole rings is 1. The van der Waals surface area contributed by atoms with Gasteiger partial charge in [-0.05, 0) is 35.1 Å². The number of aryl methyl sites for hydroxylation is 1. The van der Waals surface area contributed by atoms with Crippen LogP contribution in [0.15, 0.2) is 77.7 Å². The van der Waals surface area contributed by atoms with Crippen molar-refractivity contribution >= 4 is 28.4 Å². The van der Waals surface area contributed by atoms with Crippen molar-refractivity contribution in [3.63, 3.8) is 0 Å². The molecule has 4 aromatic rings. The quantitative estimate of drug-likeness (QED) is 0.211. The van der Waals surface area contributed by atoms with Gasteiger partial charge >= 0.3 is 0 Å². The number of amides is 1. The van der Waals surface area contributed by atoms with Crippen LogP contribution in [-0.4, -0.2) is 38.5 Å². The third kappa shape index (κ3) is 4.37. The summed E-state index contributed by atoms with van der Waals surface area (Å²) in [6.07, 6.45) is 5.89. The van der Waals surface area contributed by atoms with Crippen molar-refractivity contribution in [2.75, 3.05) is 6.54 Å². The summed E-state index contributed by atoms with van der Waals surface area (Å²) in [6, 6.07) is 16.1. The number of nitrogens with zero attached hydrogens (tertiary/aromatic N) is 3. The van der Waals surface area contributed by atoms with Crippen LogP contribution in [0, 0.1) is 5.92 Å². The smallest absolute Gasteiger partial charge is 0.291 e. The first-order chi connectivity index (χ1) is 17.2. The number of para-hydroxylation sites is 1.